The highest BCUT2D eigenvalue weighted by atomic mass is 32.2. The number of nitrogens with one attached hydrogen (secondary N) is 1. The van der Waals surface area contributed by atoms with Gasteiger partial charge in [0.05, 0.1) is 12.3 Å². The lowest BCUT2D eigenvalue weighted by Gasteiger charge is -2.33. The van der Waals surface area contributed by atoms with Gasteiger partial charge in [0.1, 0.15) is 6.04 Å². The Morgan fingerprint density at radius 2 is 1.72 bits per heavy atom. The van der Waals surface area contributed by atoms with Crippen LogP contribution in [0.5, 0.6) is 0 Å². The highest BCUT2D eigenvalue weighted by Crippen LogP contribution is 2.26. The van der Waals surface area contributed by atoms with E-state index in [0.29, 0.717) is 0 Å². The summed E-state index contributed by atoms with van der Waals surface area (Å²) >= 11 is 0. The fraction of sp³-hybridized carbons (Fsp3) is 0.333. The lowest BCUT2D eigenvalue weighted by Crippen LogP contribution is -2.49. The molecule has 0 spiro atoms. The number of fused-ring (bicyclic) bond motifs is 1. The van der Waals surface area contributed by atoms with Crippen molar-refractivity contribution in [2.24, 2.45) is 0 Å². The highest BCUT2D eigenvalue weighted by molar-refractivity contribution is 7.88. The summed E-state index contributed by atoms with van der Waals surface area (Å²) in [5.41, 5.74) is 2.69. The van der Waals surface area contributed by atoms with Crippen LogP contribution in [0.1, 0.15) is 29.7 Å². The maximum Gasteiger partial charge on any atom is 0.325 e. The first-order chi connectivity index (χ1) is 13.8. The van der Waals surface area contributed by atoms with Crippen LogP contribution in [0.25, 0.3) is 0 Å². The molecule has 3 rings (SSSR count). The van der Waals surface area contributed by atoms with Crippen molar-refractivity contribution in [1.29, 1.82) is 0 Å². The van der Waals surface area contributed by atoms with E-state index in [0.717, 1.165) is 27.3 Å². The Morgan fingerprint density at radius 1 is 1.10 bits per heavy atom. The third-order valence-electron chi connectivity index (χ3n) is 4.93. The van der Waals surface area contributed by atoms with Crippen LogP contribution in [0.3, 0.4) is 0 Å². The van der Waals surface area contributed by atoms with Gasteiger partial charge < -0.3 is 10.1 Å². The predicted molar refractivity (Wildman–Crippen MR) is 108 cm³/mol. The Morgan fingerprint density at radius 3 is 2.38 bits per heavy atom. The molecule has 1 amide bonds. The van der Waals surface area contributed by atoms with Crippen molar-refractivity contribution in [2.75, 3.05) is 12.9 Å². The molecule has 0 saturated carbocycles. The number of carbonyl (C=O) groups is 2. The summed E-state index contributed by atoms with van der Waals surface area (Å²) < 4.78 is 30.7. The summed E-state index contributed by atoms with van der Waals surface area (Å²) in [4.78, 5) is 24.8. The minimum Gasteiger partial charge on any atom is -0.454 e. The SMILES string of the molecule is C[C@H](NC(=O)COC(=O)[C@@H]1Cc2ccccc2CN1S(C)(=O)=O)c1ccccc1. The maximum atomic E-state index is 12.6. The van der Waals surface area contributed by atoms with Gasteiger partial charge in [0.25, 0.3) is 5.91 Å². The van der Waals surface area contributed by atoms with E-state index in [1.807, 2.05) is 61.5 Å². The van der Waals surface area contributed by atoms with Crippen LogP contribution in [0.15, 0.2) is 54.6 Å². The van der Waals surface area contributed by atoms with Crippen LogP contribution in [0.4, 0.5) is 0 Å². The van der Waals surface area contributed by atoms with Gasteiger partial charge in [-0.2, -0.15) is 4.31 Å². The Balaban J connectivity index is 1.63. The van der Waals surface area contributed by atoms with Crippen LogP contribution >= 0.6 is 0 Å². The van der Waals surface area contributed by atoms with Gasteiger partial charge in [0.15, 0.2) is 6.61 Å². The van der Waals surface area contributed by atoms with Gasteiger partial charge in [-0.15, -0.1) is 0 Å². The molecule has 0 bridgehead atoms. The zero-order valence-electron chi connectivity index (χ0n) is 16.4. The molecule has 1 N–H and O–H groups in total. The van der Waals surface area contributed by atoms with E-state index in [1.54, 1.807) is 0 Å². The largest absolute Gasteiger partial charge is 0.454 e. The van der Waals surface area contributed by atoms with Crippen LogP contribution in [-0.4, -0.2) is 43.5 Å². The Bertz CT molecular complexity index is 991. The molecule has 7 nitrogen and oxygen atoms in total. The quantitative estimate of drug-likeness (QED) is 0.725. The zero-order chi connectivity index (χ0) is 21.0. The van der Waals surface area contributed by atoms with Crippen molar-refractivity contribution in [3.63, 3.8) is 0 Å². The standard InChI is InChI=1S/C21H24N2O5S/c1-15(16-8-4-3-5-9-16)22-20(24)14-28-21(25)19-12-17-10-6-7-11-18(17)13-23(19)29(2,26)27/h3-11,15,19H,12-14H2,1-2H3,(H,22,24)/t15-,19-/m0/s1. The molecule has 0 fully saturated rings. The molecule has 2 atom stereocenters. The van der Waals surface area contributed by atoms with Gasteiger partial charge in [-0.3, -0.25) is 9.59 Å². The second-order valence-corrected chi connectivity index (χ2v) is 9.04. The molecule has 29 heavy (non-hydrogen) atoms. The monoisotopic (exact) mass is 416 g/mol. The fourth-order valence-electron chi connectivity index (χ4n) is 3.39. The maximum absolute atomic E-state index is 12.6. The summed E-state index contributed by atoms with van der Waals surface area (Å²) in [6.07, 6.45) is 1.28. The summed E-state index contributed by atoms with van der Waals surface area (Å²) in [6.45, 7) is 1.47. The van der Waals surface area contributed by atoms with Gasteiger partial charge in [-0.1, -0.05) is 54.6 Å². The number of benzene rings is 2. The first-order valence-electron chi connectivity index (χ1n) is 9.30. The second-order valence-electron chi connectivity index (χ2n) is 7.10. The summed E-state index contributed by atoms with van der Waals surface area (Å²) in [5.74, 6) is -1.18. The average molecular weight is 416 g/mol. The van der Waals surface area contributed by atoms with Crippen LogP contribution in [0.2, 0.25) is 0 Å². The molecule has 1 aliphatic heterocycles. The third-order valence-corrected chi connectivity index (χ3v) is 6.16. The number of nitrogens with zero attached hydrogens (tertiary/aromatic N) is 1. The van der Waals surface area contributed by atoms with Crippen molar-refractivity contribution in [1.82, 2.24) is 9.62 Å². The van der Waals surface area contributed by atoms with Crippen LogP contribution < -0.4 is 5.32 Å². The van der Waals surface area contributed by atoms with E-state index >= 15 is 0 Å². The van der Waals surface area contributed by atoms with E-state index < -0.39 is 34.5 Å². The highest BCUT2D eigenvalue weighted by Gasteiger charge is 2.38. The number of hydrogen-bond acceptors (Lipinski definition) is 5. The van der Waals surface area contributed by atoms with E-state index in [-0.39, 0.29) is 19.0 Å². The molecule has 0 aromatic heterocycles. The lowest BCUT2D eigenvalue weighted by molar-refractivity contribution is -0.152. The molecular formula is C21H24N2O5S. The fourth-order valence-corrected chi connectivity index (χ4v) is 4.39. The number of carbonyl (C=O) groups excluding carboxylic acids is 2. The van der Waals surface area contributed by atoms with Gasteiger partial charge in [0, 0.05) is 13.0 Å². The number of sulfonamides is 1. The summed E-state index contributed by atoms with van der Waals surface area (Å²) in [6, 6.07) is 15.6. The molecule has 1 aliphatic rings. The molecule has 8 heteroatoms. The van der Waals surface area contributed by atoms with Crippen molar-refractivity contribution in [3.8, 4) is 0 Å². The van der Waals surface area contributed by atoms with Crippen molar-refractivity contribution < 1.29 is 22.7 Å². The number of hydrogen-bond donors (Lipinski definition) is 1. The first-order valence-corrected chi connectivity index (χ1v) is 11.1. The van der Waals surface area contributed by atoms with E-state index in [4.69, 9.17) is 4.74 Å². The molecule has 2 aromatic carbocycles. The summed E-state index contributed by atoms with van der Waals surface area (Å²) in [7, 11) is -3.62. The van der Waals surface area contributed by atoms with Crippen molar-refractivity contribution in [3.05, 3.63) is 71.3 Å². The number of esters is 1. The van der Waals surface area contributed by atoms with Crippen molar-refractivity contribution >= 4 is 21.9 Å². The normalized spacial score (nSPS) is 17.8. The minimum atomic E-state index is -3.62. The van der Waals surface area contributed by atoms with Crippen LogP contribution in [-0.2, 0) is 37.3 Å². The third kappa shape index (κ3) is 5.21. The zero-order valence-corrected chi connectivity index (χ0v) is 17.2. The number of ether oxygens (including phenoxy) is 1. The predicted octanol–water partition coefficient (Wildman–Crippen LogP) is 1.79. The number of amides is 1. The van der Waals surface area contributed by atoms with Gasteiger partial charge >= 0.3 is 5.97 Å². The minimum absolute atomic E-state index is 0.103. The smallest absolute Gasteiger partial charge is 0.325 e. The Kier molecular flexibility index (Phi) is 6.34. The van der Waals surface area contributed by atoms with Crippen LogP contribution in [0, 0.1) is 0 Å². The average Bonchev–Trinajstić information content (AvgIpc) is 2.71. The Hall–Kier alpha value is -2.71. The molecule has 0 aliphatic carbocycles. The molecule has 1 heterocycles. The van der Waals surface area contributed by atoms with Gasteiger partial charge in [-0.25, -0.2) is 8.42 Å². The Labute approximate surface area is 170 Å². The molecule has 0 radical (unpaired) electrons. The lowest BCUT2D eigenvalue weighted by atomic mass is 9.96. The van der Waals surface area contributed by atoms with E-state index in [1.165, 1.54) is 0 Å². The molecule has 2 aromatic rings. The van der Waals surface area contributed by atoms with Crippen molar-refractivity contribution in [2.45, 2.75) is 32.0 Å². The topological polar surface area (TPSA) is 92.8 Å². The molecular weight excluding hydrogens is 392 g/mol. The van der Waals surface area contributed by atoms with E-state index in [9.17, 15) is 18.0 Å². The molecule has 0 saturated heterocycles. The first kappa shape index (κ1) is 21.0. The second kappa shape index (κ2) is 8.75. The summed E-state index contributed by atoms with van der Waals surface area (Å²) in [5, 5.41) is 2.76. The van der Waals surface area contributed by atoms with E-state index in [2.05, 4.69) is 5.32 Å². The van der Waals surface area contributed by atoms with Gasteiger partial charge in [0.2, 0.25) is 10.0 Å². The van der Waals surface area contributed by atoms with Gasteiger partial charge in [-0.05, 0) is 23.6 Å². The molecule has 0 unspecified atom stereocenters. The molecule has 154 valence electrons. The number of rotatable bonds is 6.